The molecule has 1 aromatic rings. The number of halogens is 3. The van der Waals surface area contributed by atoms with Gasteiger partial charge in [-0.2, -0.15) is 0 Å². The van der Waals surface area contributed by atoms with Crippen molar-refractivity contribution < 1.29 is 23.4 Å². The summed E-state index contributed by atoms with van der Waals surface area (Å²) >= 11 is 2.85. The number of aromatic carboxylic acids is 1. The number of pyridine rings is 1. The molecule has 0 aliphatic rings. The van der Waals surface area contributed by atoms with Crippen molar-refractivity contribution in [1.29, 1.82) is 0 Å². The van der Waals surface area contributed by atoms with Crippen LogP contribution in [0.2, 0.25) is 0 Å². The van der Waals surface area contributed by atoms with Gasteiger partial charge in [-0.15, -0.1) is 0 Å². The molecule has 1 N–H and O–H groups in total. The van der Waals surface area contributed by atoms with Crippen LogP contribution in [-0.2, 0) is 0 Å². The van der Waals surface area contributed by atoms with E-state index in [2.05, 4.69) is 25.7 Å². The summed E-state index contributed by atoms with van der Waals surface area (Å²) in [6.07, 6.45) is -1.96. The van der Waals surface area contributed by atoms with E-state index in [9.17, 15) is 13.6 Å². The van der Waals surface area contributed by atoms with Gasteiger partial charge in [-0.3, -0.25) is 0 Å². The number of rotatable bonds is 3. The van der Waals surface area contributed by atoms with E-state index in [1.54, 1.807) is 0 Å². The van der Waals surface area contributed by atoms with Crippen molar-refractivity contribution in [2.75, 3.05) is 7.11 Å². The Morgan fingerprint density at radius 2 is 2.27 bits per heavy atom. The van der Waals surface area contributed by atoms with Crippen molar-refractivity contribution >= 4 is 21.9 Å². The Labute approximate surface area is 92.0 Å². The molecule has 0 aliphatic heterocycles. The van der Waals surface area contributed by atoms with E-state index >= 15 is 0 Å². The summed E-state index contributed by atoms with van der Waals surface area (Å²) in [6.45, 7) is 0. The van der Waals surface area contributed by atoms with Crippen LogP contribution in [0.25, 0.3) is 0 Å². The number of aromatic nitrogens is 1. The van der Waals surface area contributed by atoms with Crippen LogP contribution >= 0.6 is 15.9 Å². The van der Waals surface area contributed by atoms with Crippen LogP contribution in [0.1, 0.15) is 22.3 Å². The normalized spacial score (nSPS) is 10.5. The van der Waals surface area contributed by atoms with E-state index in [-0.39, 0.29) is 10.4 Å². The standard InChI is InChI=1S/C8H6BrF2NO3/c1-15-5-3(7(10)11)2-12-6(9)4(5)8(13)14/h2,7H,1H3,(H,13,14). The third-order valence-electron chi connectivity index (χ3n) is 1.67. The van der Waals surface area contributed by atoms with Crippen molar-refractivity contribution in [2.45, 2.75) is 6.43 Å². The Hall–Kier alpha value is -1.24. The van der Waals surface area contributed by atoms with Crippen LogP contribution in [0.5, 0.6) is 5.75 Å². The summed E-state index contributed by atoms with van der Waals surface area (Å²) < 4.78 is 29.5. The Kier molecular flexibility index (Phi) is 3.57. The highest BCUT2D eigenvalue weighted by atomic mass is 79.9. The zero-order chi connectivity index (χ0) is 11.6. The molecule has 0 amide bonds. The van der Waals surface area contributed by atoms with E-state index in [0.717, 1.165) is 13.3 Å². The molecule has 0 aromatic carbocycles. The lowest BCUT2D eigenvalue weighted by atomic mass is 10.2. The van der Waals surface area contributed by atoms with Gasteiger partial charge in [0, 0.05) is 6.20 Å². The van der Waals surface area contributed by atoms with Crippen molar-refractivity contribution in [2.24, 2.45) is 0 Å². The quantitative estimate of drug-likeness (QED) is 0.865. The molecule has 4 nitrogen and oxygen atoms in total. The maximum absolute atomic E-state index is 12.5. The molecule has 0 radical (unpaired) electrons. The second-order valence-corrected chi connectivity index (χ2v) is 3.27. The molecule has 1 heterocycles. The van der Waals surface area contributed by atoms with Gasteiger partial charge in [-0.05, 0) is 15.9 Å². The Balaban J connectivity index is 3.47. The molecule has 0 aliphatic carbocycles. The van der Waals surface area contributed by atoms with E-state index in [4.69, 9.17) is 5.11 Å². The molecule has 1 rings (SSSR count). The summed E-state index contributed by atoms with van der Waals surface area (Å²) in [7, 11) is 1.13. The SMILES string of the molecule is COc1c(C(F)F)cnc(Br)c1C(=O)O. The van der Waals surface area contributed by atoms with Gasteiger partial charge in [0.2, 0.25) is 0 Å². The number of hydrogen-bond donors (Lipinski definition) is 1. The zero-order valence-electron chi connectivity index (χ0n) is 7.50. The number of methoxy groups -OCH3 is 1. The molecule has 0 saturated heterocycles. The molecule has 0 spiro atoms. The number of carboxylic acid groups (broad SMARTS) is 1. The molecule has 0 saturated carbocycles. The molecular weight excluding hydrogens is 276 g/mol. The highest BCUT2D eigenvalue weighted by Crippen LogP contribution is 2.34. The third-order valence-corrected chi connectivity index (χ3v) is 2.27. The molecule has 0 atom stereocenters. The van der Waals surface area contributed by atoms with E-state index in [0.29, 0.717) is 0 Å². The molecule has 0 fully saturated rings. The van der Waals surface area contributed by atoms with Crippen LogP contribution in [-0.4, -0.2) is 23.2 Å². The third kappa shape index (κ3) is 2.23. The minimum Gasteiger partial charge on any atom is -0.495 e. The lowest BCUT2D eigenvalue weighted by Crippen LogP contribution is -2.06. The average molecular weight is 282 g/mol. The number of nitrogens with zero attached hydrogens (tertiary/aromatic N) is 1. The van der Waals surface area contributed by atoms with Crippen molar-refractivity contribution in [1.82, 2.24) is 4.98 Å². The molecule has 0 unspecified atom stereocenters. The van der Waals surface area contributed by atoms with Gasteiger partial charge in [-0.25, -0.2) is 18.6 Å². The maximum atomic E-state index is 12.5. The smallest absolute Gasteiger partial charge is 0.342 e. The highest BCUT2D eigenvalue weighted by molar-refractivity contribution is 9.10. The Morgan fingerprint density at radius 3 is 2.67 bits per heavy atom. The molecule has 82 valence electrons. The van der Waals surface area contributed by atoms with Crippen LogP contribution < -0.4 is 4.74 Å². The Morgan fingerprint density at radius 1 is 1.67 bits per heavy atom. The van der Waals surface area contributed by atoms with Crippen LogP contribution in [0, 0.1) is 0 Å². The van der Waals surface area contributed by atoms with Crippen molar-refractivity contribution in [3.8, 4) is 5.75 Å². The van der Waals surface area contributed by atoms with Crippen molar-refractivity contribution in [3.63, 3.8) is 0 Å². The van der Waals surface area contributed by atoms with Crippen molar-refractivity contribution in [3.05, 3.63) is 21.9 Å². The summed E-state index contributed by atoms with van der Waals surface area (Å²) in [5.41, 5.74) is -0.951. The lowest BCUT2D eigenvalue weighted by molar-refractivity contribution is 0.0690. The van der Waals surface area contributed by atoms with Gasteiger partial charge in [-0.1, -0.05) is 0 Å². The minimum absolute atomic E-state index is 0.0451. The number of carboxylic acids is 1. The summed E-state index contributed by atoms with van der Waals surface area (Å²) in [4.78, 5) is 14.3. The average Bonchev–Trinajstić information content (AvgIpc) is 2.15. The van der Waals surface area contributed by atoms with Crippen LogP contribution in [0.15, 0.2) is 10.8 Å². The summed E-state index contributed by atoms with van der Waals surface area (Å²) in [5, 5.41) is 8.79. The van der Waals surface area contributed by atoms with E-state index in [1.807, 2.05) is 0 Å². The molecule has 0 bridgehead atoms. The van der Waals surface area contributed by atoms with E-state index < -0.39 is 23.5 Å². The largest absolute Gasteiger partial charge is 0.495 e. The summed E-state index contributed by atoms with van der Waals surface area (Å²) in [6, 6.07) is 0. The molecule has 15 heavy (non-hydrogen) atoms. The maximum Gasteiger partial charge on any atom is 0.342 e. The van der Waals surface area contributed by atoms with E-state index in [1.165, 1.54) is 0 Å². The van der Waals surface area contributed by atoms with Gasteiger partial charge in [0.05, 0.1) is 12.7 Å². The monoisotopic (exact) mass is 281 g/mol. The number of carbonyl (C=O) groups is 1. The number of alkyl halides is 2. The first-order valence-corrected chi connectivity index (χ1v) is 4.52. The predicted octanol–water partition coefficient (Wildman–Crippen LogP) is 2.49. The molecule has 7 heteroatoms. The van der Waals surface area contributed by atoms with Gasteiger partial charge >= 0.3 is 5.97 Å². The fourth-order valence-electron chi connectivity index (χ4n) is 1.05. The van der Waals surface area contributed by atoms with Crippen LogP contribution in [0.4, 0.5) is 8.78 Å². The topological polar surface area (TPSA) is 59.4 Å². The fraction of sp³-hybridized carbons (Fsp3) is 0.250. The molecular formula is C8H6BrF2NO3. The first-order valence-electron chi connectivity index (χ1n) is 3.72. The van der Waals surface area contributed by atoms with Gasteiger partial charge in [0.1, 0.15) is 15.9 Å². The summed E-state index contributed by atoms with van der Waals surface area (Å²) in [5.74, 6) is -1.76. The zero-order valence-corrected chi connectivity index (χ0v) is 9.09. The number of ether oxygens (including phenoxy) is 1. The number of hydrogen-bond acceptors (Lipinski definition) is 3. The van der Waals surface area contributed by atoms with Gasteiger partial charge in [0.25, 0.3) is 6.43 Å². The first kappa shape index (κ1) is 11.8. The van der Waals surface area contributed by atoms with Gasteiger partial charge < -0.3 is 9.84 Å². The minimum atomic E-state index is -2.83. The predicted molar refractivity (Wildman–Crippen MR) is 50.4 cm³/mol. The molecule has 1 aromatic heterocycles. The second-order valence-electron chi connectivity index (χ2n) is 2.52. The fourth-order valence-corrected chi connectivity index (χ4v) is 1.50. The second kappa shape index (κ2) is 4.52. The van der Waals surface area contributed by atoms with Crippen LogP contribution in [0.3, 0.4) is 0 Å². The lowest BCUT2D eigenvalue weighted by Gasteiger charge is -2.10. The van der Waals surface area contributed by atoms with Gasteiger partial charge in [0.15, 0.2) is 0 Å². The highest BCUT2D eigenvalue weighted by Gasteiger charge is 2.24. The Bertz CT molecular complexity index is 398. The first-order chi connectivity index (χ1) is 6.99.